The third-order valence-electron chi connectivity index (χ3n) is 2.35. The highest BCUT2D eigenvalue weighted by molar-refractivity contribution is 5.51. The predicted octanol–water partition coefficient (Wildman–Crippen LogP) is 1.96. The van der Waals surface area contributed by atoms with Crippen molar-refractivity contribution >= 4 is 6.08 Å². The molecule has 0 saturated heterocycles. The molecular formula is C14H17FO3. The Morgan fingerprint density at radius 1 is 1.28 bits per heavy atom. The largest absolute Gasteiger partial charge is 0.497 e. The van der Waals surface area contributed by atoms with Crippen molar-refractivity contribution < 1.29 is 19.3 Å². The summed E-state index contributed by atoms with van der Waals surface area (Å²) in [6.45, 7) is -0.241. The van der Waals surface area contributed by atoms with Crippen LogP contribution in [0.4, 0.5) is 4.39 Å². The standard InChI is InChI=1S/C14H17FO3/c1-18-12-7-4-11(5-8-12)6-9-14(17)13(15)3-2-10-16/h2-9,13-14,16-17H,10H2,1H3/b3-2-,9-6+/t13-,14+/m1/s1. The molecule has 0 unspecified atom stereocenters. The summed E-state index contributed by atoms with van der Waals surface area (Å²) in [6, 6.07) is 7.17. The van der Waals surface area contributed by atoms with E-state index in [9.17, 15) is 9.50 Å². The Balaban J connectivity index is 2.59. The fraction of sp³-hybridized carbons (Fsp3) is 0.286. The van der Waals surface area contributed by atoms with Crippen LogP contribution in [0.3, 0.4) is 0 Å². The van der Waals surface area contributed by atoms with Gasteiger partial charge in [-0.25, -0.2) is 4.39 Å². The van der Waals surface area contributed by atoms with Gasteiger partial charge in [-0.1, -0.05) is 30.4 Å². The summed E-state index contributed by atoms with van der Waals surface area (Å²) < 4.78 is 18.3. The highest BCUT2D eigenvalue weighted by atomic mass is 19.1. The molecular weight excluding hydrogens is 235 g/mol. The zero-order valence-corrected chi connectivity index (χ0v) is 10.2. The van der Waals surface area contributed by atoms with E-state index in [1.54, 1.807) is 37.5 Å². The number of alkyl halides is 1. The van der Waals surface area contributed by atoms with E-state index in [0.29, 0.717) is 0 Å². The summed E-state index contributed by atoms with van der Waals surface area (Å²) in [4.78, 5) is 0. The number of benzene rings is 1. The van der Waals surface area contributed by atoms with Gasteiger partial charge in [0.25, 0.3) is 0 Å². The van der Waals surface area contributed by atoms with E-state index in [2.05, 4.69) is 0 Å². The fourth-order valence-electron chi connectivity index (χ4n) is 1.34. The number of hydrogen-bond acceptors (Lipinski definition) is 3. The summed E-state index contributed by atoms with van der Waals surface area (Å²) in [7, 11) is 1.58. The number of halogens is 1. The van der Waals surface area contributed by atoms with Crippen LogP contribution in [0.2, 0.25) is 0 Å². The molecule has 0 aromatic heterocycles. The van der Waals surface area contributed by atoms with Crippen molar-refractivity contribution in [1.29, 1.82) is 0 Å². The van der Waals surface area contributed by atoms with Gasteiger partial charge in [0.15, 0.2) is 0 Å². The maximum Gasteiger partial charge on any atom is 0.148 e. The van der Waals surface area contributed by atoms with Crippen LogP contribution in [0.5, 0.6) is 5.75 Å². The van der Waals surface area contributed by atoms with Crippen molar-refractivity contribution in [2.24, 2.45) is 0 Å². The Morgan fingerprint density at radius 3 is 2.50 bits per heavy atom. The van der Waals surface area contributed by atoms with Crippen LogP contribution >= 0.6 is 0 Å². The van der Waals surface area contributed by atoms with Crippen LogP contribution < -0.4 is 4.74 Å². The smallest absolute Gasteiger partial charge is 0.148 e. The molecule has 0 saturated carbocycles. The first-order chi connectivity index (χ1) is 8.67. The minimum atomic E-state index is -1.52. The number of methoxy groups -OCH3 is 1. The summed E-state index contributed by atoms with van der Waals surface area (Å²) in [5.41, 5.74) is 0.841. The van der Waals surface area contributed by atoms with Crippen LogP contribution in [0.25, 0.3) is 6.08 Å². The van der Waals surface area contributed by atoms with Crippen LogP contribution in [-0.4, -0.2) is 36.2 Å². The molecule has 2 N–H and O–H groups in total. The number of aliphatic hydroxyl groups is 2. The number of ether oxygens (including phenoxy) is 1. The van der Waals surface area contributed by atoms with Gasteiger partial charge in [0.2, 0.25) is 0 Å². The lowest BCUT2D eigenvalue weighted by atomic mass is 10.1. The molecule has 0 heterocycles. The number of hydrogen-bond donors (Lipinski definition) is 2. The van der Waals surface area contributed by atoms with Crippen molar-refractivity contribution in [3.63, 3.8) is 0 Å². The van der Waals surface area contributed by atoms with Gasteiger partial charge in [0.1, 0.15) is 18.0 Å². The fourth-order valence-corrected chi connectivity index (χ4v) is 1.34. The van der Waals surface area contributed by atoms with Crippen molar-refractivity contribution in [2.45, 2.75) is 12.3 Å². The third-order valence-corrected chi connectivity index (χ3v) is 2.35. The molecule has 0 aliphatic rings. The third kappa shape index (κ3) is 4.69. The molecule has 1 aromatic rings. The zero-order chi connectivity index (χ0) is 13.4. The van der Waals surface area contributed by atoms with Gasteiger partial charge in [-0.2, -0.15) is 0 Å². The summed E-state index contributed by atoms with van der Waals surface area (Å²) in [5, 5.41) is 18.0. The zero-order valence-electron chi connectivity index (χ0n) is 10.2. The second-order valence-corrected chi connectivity index (χ2v) is 3.68. The van der Waals surface area contributed by atoms with Crippen LogP contribution in [-0.2, 0) is 0 Å². The maximum atomic E-state index is 13.3. The summed E-state index contributed by atoms with van der Waals surface area (Å²) >= 11 is 0. The molecule has 0 amide bonds. The van der Waals surface area contributed by atoms with Gasteiger partial charge in [-0.05, 0) is 23.8 Å². The van der Waals surface area contributed by atoms with E-state index in [4.69, 9.17) is 9.84 Å². The second-order valence-electron chi connectivity index (χ2n) is 3.68. The Hall–Kier alpha value is -1.65. The van der Waals surface area contributed by atoms with Gasteiger partial charge in [0.05, 0.1) is 13.7 Å². The molecule has 1 aromatic carbocycles. The highest BCUT2D eigenvalue weighted by Gasteiger charge is 2.10. The van der Waals surface area contributed by atoms with Crippen LogP contribution in [0.1, 0.15) is 5.56 Å². The van der Waals surface area contributed by atoms with Crippen molar-refractivity contribution in [1.82, 2.24) is 0 Å². The van der Waals surface area contributed by atoms with Crippen molar-refractivity contribution in [2.75, 3.05) is 13.7 Å². The van der Waals surface area contributed by atoms with Crippen LogP contribution in [0.15, 0.2) is 42.5 Å². The first-order valence-corrected chi connectivity index (χ1v) is 5.59. The minimum Gasteiger partial charge on any atom is -0.497 e. The normalized spacial score (nSPS) is 15.1. The van der Waals surface area contributed by atoms with Gasteiger partial charge in [0, 0.05) is 0 Å². The van der Waals surface area contributed by atoms with E-state index < -0.39 is 12.3 Å². The second kappa shape index (κ2) is 7.63. The molecule has 0 spiro atoms. The molecule has 18 heavy (non-hydrogen) atoms. The van der Waals surface area contributed by atoms with Crippen LogP contribution in [0, 0.1) is 0 Å². The molecule has 2 atom stereocenters. The highest BCUT2D eigenvalue weighted by Crippen LogP contribution is 2.13. The van der Waals surface area contributed by atoms with Gasteiger partial charge < -0.3 is 14.9 Å². The minimum absolute atomic E-state index is 0.241. The Labute approximate surface area is 106 Å². The molecule has 98 valence electrons. The van der Waals surface area contributed by atoms with E-state index in [-0.39, 0.29) is 6.61 Å². The Morgan fingerprint density at radius 2 is 1.94 bits per heavy atom. The van der Waals surface area contributed by atoms with E-state index in [1.807, 2.05) is 0 Å². The van der Waals surface area contributed by atoms with Crippen molar-refractivity contribution in [3.8, 4) is 5.75 Å². The lowest BCUT2D eigenvalue weighted by molar-refractivity contribution is 0.144. The van der Waals surface area contributed by atoms with Gasteiger partial charge in [-0.3, -0.25) is 0 Å². The summed E-state index contributed by atoms with van der Waals surface area (Å²) in [6.07, 6.45) is 2.64. The molecule has 4 heteroatoms. The molecule has 0 aliphatic carbocycles. The lowest BCUT2D eigenvalue weighted by Gasteiger charge is -2.07. The quantitative estimate of drug-likeness (QED) is 0.761. The monoisotopic (exact) mass is 252 g/mol. The summed E-state index contributed by atoms with van der Waals surface area (Å²) in [5.74, 6) is 0.738. The average Bonchev–Trinajstić information content (AvgIpc) is 2.42. The SMILES string of the molecule is COc1ccc(/C=C/[C@H](O)[C@H](F)/C=C\CO)cc1. The molecule has 0 fully saturated rings. The topological polar surface area (TPSA) is 49.7 Å². The molecule has 1 rings (SSSR count). The maximum absolute atomic E-state index is 13.3. The predicted molar refractivity (Wildman–Crippen MR) is 69.2 cm³/mol. The first kappa shape index (κ1) is 14.4. The number of aliphatic hydroxyl groups excluding tert-OH is 2. The first-order valence-electron chi connectivity index (χ1n) is 5.59. The Bertz CT molecular complexity index is 398. The van der Waals surface area contributed by atoms with Crippen molar-refractivity contribution in [3.05, 3.63) is 48.1 Å². The molecule has 3 nitrogen and oxygen atoms in total. The van der Waals surface area contributed by atoms with E-state index in [0.717, 1.165) is 17.4 Å². The molecule has 0 aliphatic heterocycles. The Kier molecular flexibility index (Phi) is 6.11. The van der Waals surface area contributed by atoms with Gasteiger partial charge in [-0.15, -0.1) is 0 Å². The average molecular weight is 252 g/mol. The van der Waals surface area contributed by atoms with E-state index >= 15 is 0 Å². The lowest BCUT2D eigenvalue weighted by Crippen LogP contribution is -2.16. The van der Waals surface area contributed by atoms with Gasteiger partial charge >= 0.3 is 0 Å². The molecule has 0 bridgehead atoms. The number of rotatable bonds is 6. The molecule has 0 radical (unpaired) electrons. The van der Waals surface area contributed by atoms with E-state index in [1.165, 1.54) is 12.2 Å².